The van der Waals surface area contributed by atoms with E-state index in [0.717, 1.165) is 37.2 Å². The van der Waals surface area contributed by atoms with Gasteiger partial charge in [0.2, 0.25) is 0 Å². The molecule has 1 atom stereocenters. The Morgan fingerprint density at radius 1 is 1.12 bits per heavy atom. The van der Waals surface area contributed by atoms with Crippen LogP contribution in [0.2, 0.25) is 0 Å². The summed E-state index contributed by atoms with van der Waals surface area (Å²) in [6.45, 7) is 3.90. The van der Waals surface area contributed by atoms with E-state index in [0.29, 0.717) is 23.9 Å². The average molecular weight is 434 g/mol. The summed E-state index contributed by atoms with van der Waals surface area (Å²) < 4.78 is 7.16. The summed E-state index contributed by atoms with van der Waals surface area (Å²) in [4.78, 5) is 24.5. The van der Waals surface area contributed by atoms with Crippen molar-refractivity contribution in [2.45, 2.75) is 32.4 Å². The lowest BCUT2D eigenvalue weighted by Gasteiger charge is -2.22. The van der Waals surface area contributed by atoms with Gasteiger partial charge in [-0.05, 0) is 43.4 Å². The molecule has 166 valence electrons. The van der Waals surface area contributed by atoms with Crippen molar-refractivity contribution in [3.63, 3.8) is 0 Å². The number of aromatic carboxylic acids is 1. The minimum absolute atomic E-state index is 0.206. The largest absolute Gasteiger partial charge is 0.478 e. The molecule has 1 saturated heterocycles. The van der Waals surface area contributed by atoms with E-state index in [-0.39, 0.29) is 17.5 Å². The van der Waals surface area contributed by atoms with Crippen LogP contribution in [0.5, 0.6) is 0 Å². The van der Waals surface area contributed by atoms with Crippen LogP contribution >= 0.6 is 0 Å². The van der Waals surface area contributed by atoms with Crippen LogP contribution in [0.3, 0.4) is 0 Å². The molecule has 1 aliphatic rings. The van der Waals surface area contributed by atoms with Gasteiger partial charge in [-0.3, -0.25) is 4.79 Å². The Labute approximate surface area is 186 Å². The van der Waals surface area contributed by atoms with Crippen LogP contribution in [0.15, 0.2) is 54.6 Å². The van der Waals surface area contributed by atoms with E-state index in [2.05, 4.69) is 15.6 Å². The second kappa shape index (κ2) is 9.74. The smallest absolute Gasteiger partial charge is 0.335 e. The third-order valence-corrected chi connectivity index (χ3v) is 5.77. The number of ether oxygens (including phenoxy) is 1. The second-order valence-electron chi connectivity index (χ2n) is 8.01. The molecule has 2 N–H and O–H groups in total. The zero-order valence-corrected chi connectivity index (χ0v) is 17.9. The minimum Gasteiger partial charge on any atom is -0.478 e. The first-order valence-electron chi connectivity index (χ1n) is 10.7. The quantitative estimate of drug-likeness (QED) is 0.589. The lowest BCUT2D eigenvalue weighted by Crippen LogP contribution is -2.31. The summed E-state index contributed by atoms with van der Waals surface area (Å²) in [5.41, 5.74) is 2.82. The van der Waals surface area contributed by atoms with E-state index in [1.165, 1.54) is 12.1 Å². The molecule has 1 aliphatic heterocycles. The number of nitrogens with zero attached hydrogens (tertiary/aromatic N) is 3. The van der Waals surface area contributed by atoms with Crippen LogP contribution in [-0.4, -0.2) is 45.2 Å². The Morgan fingerprint density at radius 3 is 2.47 bits per heavy atom. The van der Waals surface area contributed by atoms with Gasteiger partial charge in [0.05, 0.1) is 11.6 Å². The molecule has 0 aliphatic carbocycles. The highest BCUT2D eigenvalue weighted by molar-refractivity contribution is 5.98. The molecule has 0 spiro atoms. The standard InChI is InChI=1S/C24H26N4O4/c1-16(18-7-9-20(10-8-18)24(30)31)25-23(29)22-21(19-5-3-2-4-6-19)26-27-28(22)15-17-11-13-32-14-12-17/h2-10,16-17H,11-15H2,1H3,(H,25,29)(H,30,31). The number of hydrogen-bond acceptors (Lipinski definition) is 5. The Balaban J connectivity index is 1.59. The molecule has 3 aromatic rings. The van der Waals surface area contributed by atoms with Gasteiger partial charge in [0.1, 0.15) is 5.69 Å². The Morgan fingerprint density at radius 2 is 1.81 bits per heavy atom. The molecule has 8 nitrogen and oxygen atoms in total. The van der Waals surface area contributed by atoms with Crippen LogP contribution in [0, 0.1) is 5.92 Å². The number of benzene rings is 2. The normalized spacial score (nSPS) is 15.3. The third kappa shape index (κ3) is 4.86. The number of carbonyl (C=O) groups is 2. The van der Waals surface area contributed by atoms with E-state index in [9.17, 15) is 9.59 Å². The fourth-order valence-corrected chi connectivity index (χ4v) is 3.89. The maximum atomic E-state index is 13.4. The highest BCUT2D eigenvalue weighted by Gasteiger charge is 2.25. The number of rotatable bonds is 7. The Kier molecular flexibility index (Phi) is 6.61. The maximum absolute atomic E-state index is 13.4. The first kappa shape index (κ1) is 21.7. The van der Waals surface area contributed by atoms with Crippen molar-refractivity contribution in [3.8, 4) is 11.3 Å². The topological polar surface area (TPSA) is 106 Å². The van der Waals surface area contributed by atoms with Gasteiger partial charge in [0, 0.05) is 25.3 Å². The van der Waals surface area contributed by atoms with Crippen molar-refractivity contribution in [2.75, 3.05) is 13.2 Å². The predicted octanol–water partition coefficient (Wildman–Crippen LogP) is 3.56. The Bertz CT molecular complexity index is 1070. The molecule has 8 heteroatoms. The third-order valence-electron chi connectivity index (χ3n) is 5.77. The summed E-state index contributed by atoms with van der Waals surface area (Å²) in [7, 11) is 0. The molecule has 2 heterocycles. The van der Waals surface area contributed by atoms with Crippen LogP contribution in [0.25, 0.3) is 11.3 Å². The van der Waals surface area contributed by atoms with E-state index in [1.807, 2.05) is 37.3 Å². The zero-order chi connectivity index (χ0) is 22.5. The SMILES string of the molecule is CC(NC(=O)c1c(-c2ccccc2)nnn1CC1CCOCC1)c1ccc(C(=O)O)cc1. The highest BCUT2D eigenvalue weighted by atomic mass is 16.5. The van der Waals surface area contributed by atoms with E-state index < -0.39 is 5.97 Å². The van der Waals surface area contributed by atoms with Gasteiger partial charge in [-0.1, -0.05) is 47.7 Å². The van der Waals surface area contributed by atoms with Crippen LogP contribution < -0.4 is 5.32 Å². The Hall–Kier alpha value is -3.52. The molecule has 1 fully saturated rings. The summed E-state index contributed by atoms with van der Waals surface area (Å²) in [5, 5.41) is 20.8. The van der Waals surface area contributed by atoms with Crippen LogP contribution in [0.1, 0.15) is 52.2 Å². The fourth-order valence-electron chi connectivity index (χ4n) is 3.89. The predicted molar refractivity (Wildman–Crippen MR) is 118 cm³/mol. The van der Waals surface area contributed by atoms with Gasteiger partial charge in [0.15, 0.2) is 5.69 Å². The van der Waals surface area contributed by atoms with Crippen molar-refractivity contribution >= 4 is 11.9 Å². The number of nitrogens with one attached hydrogen (secondary N) is 1. The molecule has 1 amide bonds. The molecule has 0 radical (unpaired) electrons. The highest BCUT2D eigenvalue weighted by Crippen LogP contribution is 2.25. The average Bonchev–Trinajstić information content (AvgIpc) is 3.24. The number of carbonyl (C=O) groups excluding carboxylic acids is 1. The van der Waals surface area contributed by atoms with Crippen molar-refractivity contribution in [1.29, 1.82) is 0 Å². The molecule has 4 rings (SSSR count). The lowest BCUT2D eigenvalue weighted by atomic mass is 10.00. The van der Waals surface area contributed by atoms with Gasteiger partial charge in [-0.2, -0.15) is 0 Å². The molecule has 2 aromatic carbocycles. The number of carboxylic acids is 1. The molecule has 32 heavy (non-hydrogen) atoms. The van der Waals surface area contributed by atoms with Gasteiger partial charge in [-0.25, -0.2) is 9.48 Å². The van der Waals surface area contributed by atoms with Crippen molar-refractivity contribution in [2.24, 2.45) is 5.92 Å². The van der Waals surface area contributed by atoms with E-state index >= 15 is 0 Å². The summed E-state index contributed by atoms with van der Waals surface area (Å²) in [6, 6.07) is 15.7. The maximum Gasteiger partial charge on any atom is 0.335 e. The van der Waals surface area contributed by atoms with E-state index in [4.69, 9.17) is 9.84 Å². The van der Waals surface area contributed by atoms with Gasteiger partial charge in [-0.15, -0.1) is 5.10 Å². The number of aromatic nitrogens is 3. The zero-order valence-electron chi connectivity index (χ0n) is 17.9. The first-order valence-corrected chi connectivity index (χ1v) is 10.7. The van der Waals surface area contributed by atoms with Crippen LogP contribution in [0.4, 0.5) is 0 Å². The molecule has 0 saturated carbocycles. The first-order chi connectivity index (χ1) is 15.5. The molecule has 1 aromatic heterocycles. The molecular formula is C24H26N4O4. The minimum atomic E-state index is -0.983. The lowest BCUT2D eigenvalue weighted by molar-refractivity contribution is 0.0594. The second-order valence-corrected chi connectivity index (χ2v) is 8.01. The van der Waals surface area contributed by atoms with Crippen molar-refractivity contribution in [1.82, 2.24) is 20.3 Å². The van der Waals surface area contributed by atoms with Crippen molar-refractivity contribution < 1.29 is 19.4 Å². The summed E-state index contributed by atoms with van der Waals surface area (Å²) in [6.07, 6.45) is 1.85. The van der Waals surface area contributed by atoms with Gasteiger partial charge in [0.25, 0.3) is 5.91 Å². The summed E-state index contributed by atoms with van der Waals surface area (Å²) in [5.74, 6) is -0.874. The van der Waals surface area contributed by atoms with Crippen molar-refractivity contribution in [3.05, 3.63) is 71.4 Å². The molecular weight excluding hydrogens is 408 g/mol. The number of carboxylic acid groups (broad SMARTS) is 1. The molecule has 0 bridgehead atoms. The fraction of sp³-hybridized carbons (Fsp3) is 0.333. The van der Waals surface area contributed by atoms with Crippen LogP contribution in [-0.2, 0) is 11.3 Å². The summed E-state index contributed by atoms with van der Waals surface area (Å²) >= 11 is 0. The molecule has 1 unspecified atom stereocenters. The monoisotopic (exact) mass is 434 g/mol. The van der Waals surface area contributed by atoms with E-state index in [1.54, 1.807) is 16.8 Å². The van der Waals surface area contributed by atoms with Gasteiger partial charge < -0.3 is 15.2 Å². The van der Waals surface area contributed by atoms with Gasteiger partial charge >= 0.3 is 5.97 Å². The number of amides is 1. The number of hydrogen-bond donors (Lipinski definition) is 2.